The first-order valence-corrected chi connectivity index (χ1v) is 10.00. The van der Waals surface area contributed by atoms with E-state index in [1.54, 1.807) is 6.07 Å². The lowest BCUT2D eigenvalue weighted by molar-refractivity contribution is -0.119. The van der Waals surface area contributed by atoms with E-state index in [4.69, 9.17) is 9.47 Å². The second kappa shape index (κ2) is 9.89. The van der Waals surface area contributed by atoms with Crippen molar-refractivity contribution in [3.63, 3.8) is 0 Å². The molecular formula is C20H29FN4O4. The number of piperidine rings is 1. The van der Waals surface area contributed by atoms with E-state index in [2.05, 4.69) is 22.6 Å². The van der Waals surface area contributed by atoms with Gasteiger partial charge in [-0.25, -0.2) is 9.18 Å². The van der Waals surface area contributed by atoms with Crippen LogP contribution in [0.25, 0.3) is 0 Å². The molecule has 2 fully saturated rings. The lowest BCUT2D eigenvalue weighted by Crippen LogP contribution is -2.42. The van der Waals surface area contributed by atoms with Gasteiger partial charge in [-0.2, -0.15) is 0 Å². The Balaban J connectivity index is 1.50. The SMILES string of the molecule is CC(=O)NC[C@H]1CN(c2ccc(OCCN(C)C3CCNCC3)c(F)c2)C(=O)O1. The highest BCUT2D eigenvalue weighted by atomic mass is 19.1. The minimum atomic E-state index is -0.558. The quantitative estimate of drug-likeness (QED) is 0.676. The van der Waals surface area contributed by atoms with Crippen LogP contribution in [0.3, 0.4) is 0 Å². The molecule has 160 valence electrons. The molecule has 9 heteroatoms. The molecule has 1 atom stereocenters. The topological polar surface area (TPSA) is 83.1 Å². The number of carbonyl (C=O) groups is 2. The molecule has 2 aliphatic heterocycles. The Bertz CT molecular complexity index is 726. The maximum Gasteiger partial charge on any atom is 0.414 e. The molecule has 0 radical (unpaired) electrons. The van der Waals surface area contributed by atoms with E-state index < -0.39 is 18.0 Å². The van der Waals surface area contributed by atoms with Crippen LogP contribution in [0, 0.1) is 5.82 Å². The third kappa shape index (κ3) is 5.80. The summed E-state index contributed by atoms with van der Waals surface area (Å²) >= 11 is 0. The van der Waals surface area contributed by atoms with Gasteiger partial charge in [0.2, 0.25) is 5.91 Å². The molecule has 8 nitrogen and oxygen atoms in total. The number of benzene rings is 1. The predicted molar refractivity (Wildman–Crippen MR) is 107 cm³/mol. The van der Waals surface area contributed by atoms with Crippen LogP contribution in [0.2, 0.25) is 0 Å². The summed E-state index contributed by atoms with van der Waals surface area (Å²) < 4.78 is 25.3. The molecule has 29 heavy (non-hydrogen) atoms. The number of nitrogens with one attached hydrogen (secondary N) is 2. The molecule has 0 aliphatic carbocycles. The van der Waals surface area contributed by atoms with E-state index in [0.29, 0.717) is 18.3 Å². The van der Waals surface area contributed by atoms with E-state index in [-0.39, 0.29) is 24.7 Å². The van der Waals surface area contributed by atoms with Crippen molar-refractivity contribution in [1.82, 2.24) is 15.5 Å². The van der Waals surface area contributed by atoms with Crippen molar-refractivity contribution in [3.05, 3.63) is 24.0 Å². The number of amides is 2. The lowest BCUT2D eigenvalue weighted by Gasteiger charge is -2.31. The molecule has 1 aromatic rings. The maximum absolute atomic E-state index is 14.5. The molecule has 0 saturated carbocycles. The Hall–Kier alpha value is -2.39. The second-order valence-corrected chi connectivity index (χ2v) is 7.48. The molecule has 2 saturated heterocycles. The minimum Gasteiger partial charge on any atom is -0.489 e. The molecule has 3 rings (SSSR count). The highest BCUT2D eigenvalue weighted by Crippen LogP contribution is 2.27. The third-order valence-corrected chi connectivity index (χ3v) is 5.31. The van der Waals surface area contributed by atoms with Gasteiger partial charge in [0.05, 0.1) is 18.8 Å². The first kappa shape index (κ1) is 21.3. The third-order valence-electron chi connectivity index (χ3n) is 5.31. The van der Waals surface area contributed by atoms with E-state index in [1.807, 2.05) is 0 Å². The van der Waals surface area contributed by atoms with Crippen LogP contribution < -0.4 is 20.3 Å². The molecular weight excluding hydrogens is 379 g/mol. The van der Waals surface area contributed by atoms with Crippen LogP contribution in [-0.4, -0.2) is 75.4 Å². The van der Waals surface area contributed by atoms with E-state index in [1.165, 1.54) is 24.0 Å². The van der Waals surface area contributed by atoms with Gasteiger partial charge >= 0.3 is 6.09 Å². The standard InChI is InChI=1S/C20H29FN4O4/c1-14(26)23-12-17-13-25(20(27)29-17)16-3-4-19(18(21)11-16)28-10-9-24(2)15-5-7-22-8-6-15/h3-4,11,15,17,22H,5-10,12-13H2,1-2H3,(H,23,26)/t17-/m0/s1. The number of hydrogen-bond donors (Lipinski definition) is 2. The lowest BCUT2D eigenvalue weighted by atomic mass is 10.1. The van der Waals surface area contributed by atoms with Crippen LogP contribution in [0.4, 0.5) is 14.9 Å². The van der Waals surface area contributed by atoms with Crippen molar-refractivity contribution in [2.75, 3.05) is 51.3 Å². The smallest absolute Gasteiger partial charge is 0.414 e. The predicted octanol–water partition coefficient (Wildman–Crippen LogP) is 1.35. The largest absolute Gasteiger partial charge is 0.489 e. The Kier molecular flexibility index (Phi) is 7.27. The van der Waals surface area contributed by atoms with Gasteiger partial charge in [0.15, 0.2) is 11.6 Å². The van der Waals surface area contributed by atoms with Gasteiger partial charge in [-0.3, -0.25) is 14.6 Å². The number of hydrogen-bond acceptors (Lipinski definition) is 6. The number of halogens is 1. The van der Waals surface area contributed by atoms with Crippen molar-refractivity contribution >= 4 is 17.7 Å². The Morgan fingerprint density at radius 2 is 2.17 bits per heavy atom. The zero-order valence-corrected chi connectivity index (χ0v) is 16.9. The molecule has 0 aromatic heterocycles. The number of ether oxygens (including phenoxy) is 2. The molecule has 1 aromatic carbocycles. The monoisotopic (exact) mass is 408 g/mol. The summed E-state index contributed by atoms with van der Waals surface area (Å²) in [5, 5.41) is 5.95. The summed E-state index contributed by atoms with van der Waals surface area (Å²) in [7, 11) is 2.06. The van der Waals surface area contributed by atoms with E-state index in [0.717, 1.165) is 32.5 Å². The van der Waals surface area contributed by atoms with Crippen LogP contribution in [0.5, 0.6) is 5.75 Å². The number of likely N-dealkylation sites (N-methyl/N-ethyl adjacent to an activating group) is 1. The average molecular weight is 408 g/mol. The average Bonchev–Trinajstić information content (AvgIpc) is 3.09. The molecule has 2 heterocycles. The van der Waals surface area contributed by atoms with Crippen molar-refractivity contribution in [2.24, 2.45) is 0 Å². The van der Waals surface area contributed by atoms with Gasteiger partial charge < -0.3 is 20.1 Å². The number of anilines is 1. The fourth-order valence-electron chi connectivity index (χ4n) is 3.60. The minimum absolute atomic E-state index is 0.162. The van der Waals surface area contributed by atoms with Crippen LogP contribution in [0.1, 0.15) is 19.8 Å². The zero-order valence-electron chi connectivity index (χ0n) is 16.9. The van der Waals surface area contributed by atoms with E-state index >= 15 is 0 Å². The van der Waals surface area contributed by atoms with Gasteiger partial charge in [0.1, 0.15) is 12.7 Å². The van der Waals surface area contributed by atoms with Gasteiger partial charge in [-0.05, 0) is 45.1 Å². The fraction of sp³-hybridized carbons (Fsp3) is 0.600. The Morgan fingerprint density at radius 1 is 1.41 bits per heavy atom. The van der Waals surface area contributed by atoms with Crippen LogP contribution in [0.15, 0.2) is 18.2 Å². The van der Waals surface area contributed by atoms with Crippen molar-refractivity contribution in [1.29, 1.82) is 0 Å². The Morgan fingerprint density at radius 3 is 2.86 bits per heavy atom. The molecule has 2 amide bonds. The van der Waals surface area contributed by atoms with Gasteiger partial charge in [0, 0.05) is 25.6 Å². The summed E-state index contributed by atoms with van der Waals surface area (Å²) in [6, 6.07) is 4.97. The maximum atomic E-state index is 14.5. The summed E-state index contributed by atoms with van der Waals surface area (Å²) in [6.07, 6.45) is 1.19. The number of nitrogens with zero attached hydrogens (tertiary/aromatic N) is 2. The van der Waals surface area contributed by atoms with Gasteiger partial charge in [-0.15, -0.1) is 0 Å². The molecule has 0 spiro atoms. The molecule has 2 N–H and O–H groups in total. The normalized spacial score (nSPS) is 20.1. The summed E-state index contributed by atoms with van der Waals surface area (Å²) in [5.74, 6) is -0.558. The van der Waals surface area contributed by atoms with Crippen molar-refractivity contribution in [3.8, 4) is 5.75 Å². The highest BCUT2D eigenvalue weighted by molar-refractivity contribution is 5.89. The fourth-order valence-corrected chi connectivity index (χ4v) is 3.60. The summed E-state index contributed by atoms with van der Waals surface area (Å²) in [4.78, 5) is 26.7. The number of cyclic esters (lactones) is 1. The van der Waals surface area contributed by atoms with Gasteiger partial charge in [-0.1, -0.05) is 0 Å². The zero-order chi connectivity index (χ0) is 20.8. The number of rotatable bonds is 8. The molecule has 0 unspecified atom stereocenters. The summed E-state index contributed by atoms with van der Waals surface area (Å²) in [5.41, 5.74) is 0.400. The van der Waals surface area contributed by atoms with Gasteiger partial charge in [0.25, 0.3) is 0 Å². The summed E-state index contributed by atoms with van der Waals surface area (Å²) in [6.45, 7) is 5.03. The Labute approximate surface area is 170 Å². The molecule has 0 bridgehead atoms. The highest BCUT2D eigenvalue weighted by Gasteiger charge is 2.32. The van der Waals surface area contributed by atoms with Crippen LogP contribution in [-0.2, 0) is 9.53 Å². The van der Waals surface area contributed by atoms with Crippen molar-refractivity contribution < 1.29 is 23.5 Å². The molecule has 2 aliphatic rings. The first-order chi connectivity index (χ1) is 13.9. The van der Waals surface area contributed by atoms with E-state index in [9.17, 15) is 14.0 Å². The van der Waals surface area contributed by atoms with Crippen molar-refractivity contribution in [2.45, 2.75) is 31.9 Å². The second-order valence-electron chi connectivity index (χ2n) is 7.48. The number of carbonyl (C=O) groups excluding carboxylic acids is 2. The van der Waals surface area contributed by atoms with Crippen LogP contribution >= 0.6 is 0 Å². The first-order valence-electron chi connectivity index (χ1n) is 10.00.